The predicted octanol–water partition coefficient (Wildman–Crippen LogP) is 3.97. The molecule has 1 atom stereocenters. The van der Waals surface area contributed by atoms with Gasteiger partial charge in [-0.15, -0.1) is 0 Å². The lowest BCUT2D eigenvalue weighted by Gasteiger charge is -2.27. The highest BCUT2D eigenvalue weighted by atomic mass is 16.2. The second-order valence-corrected chi connectivity index (χ2v) is 6.85. The fraction of sp³-hybridized carbons (Fsp3) is 0.364. The number of carbonyl (C=O) groups is 2. The van der Waals surface area contributed by atoms with Crippen molar-refractivity contribution in [3.8, 4) is 0 Å². The van der Waals surface area contributed by atoms with Crippen molar-refractivity contribution in [2.45, 2.75) is 46.1 Å². The van der Waals surface area contributed by atoms with Crippen LogP contribution in [-0.4, -0.2) is 24.4 Å². The van der Waals surface area contributed by atoms with Gasteiger partial charge in [-0.3, -0.25) is 9.59 Å². The first kappa shape index (κ1) is 18.2. The molecule has 0 fully saturated rings. The summed E-state index contributed by atoms with van der Waals surface area (Å²) in [6.45, 7) is 6.11. The number of hydrogen-bond donors (Lipinski definition) is 0. The molecule has 1 aliphatic heterocycles. The van der Waals surface area contributed by atoms with Crippen LogP contribution in [0, 0.1) is 0 Å². The lowest BCUT2D eigenvalue weighted by molar-refractivity contribution is -0.119. The van der Waals surface area contributed by atoms with Gasteiger partial charge < -0.3 is 9.80 Å². The second-order valence-electron chi connectivity index (χ2n) is 6.85. The predicted molar refractivity (Wildman–Crippen MR) is 106 cm³/mol. The minimum Gasteiger partial charge on any atom is -0.312 e. The van der Waals surface area contributed by atoms with Crippen molar-refractivity contribution in [3.05, 3.63) is 59.7 Å². The molecule has 0 N–H and O–H groups in total. The van der Waals surface area contributed by atoms with E-state index in [0.717, 1.165) is 29.8 Å². The topological polar surface area (TPSA) is 40.6 Å². The Balaban J connectivity index is 1.76. The Morgan fingerprint density at radius 2 is 1.81 bits per heavy atom. The highest BCUT2D eigenvalue weighted by Gasteiger charge is 2.30. The van der Waals surface area contributed by atoms with Crippen molar-refractivity contribution in [1.82, 2.24) is 0 Å². The molecule has 1 heterocycles. The fourth-order valence-corrected chi connectivity index (χ4v) is 3.79. The third-order valence-corrected chi connectivity index (χ3v) is 5.07. The normalized spacial score (nSPS) is 15.7. The van der Waals surface area contributed by atoms with E-state index in [1.165, 1.54) is 5.56 Å². The minimum absolute atomic E-state index is 0.0337. The molecule has 26 heavy (non-hydrogen) atoms. The number of fused-ring (bicyclic) bond motifs is 1. The van der Waals surface area contributed by atoms with Gasteiger partial charge in [-0.25, -0.2) is 0 Å². The summed E-state index contributed by atoms with van der Waals surface area (Å²) >= 11 is 0. The van der Waals surface area contributed by atoms with Gasteiger partial charge in [0.05, 0.1) is 0 Å². The monoisotopic (exact) mass is 350 g/mol. The first-order chi connectivity index (χ1) is 12.5. The van der Waals surface area contributed by atoms with Gasteiger partial charge in [-0.05, 0) is 43.0 Å². The Labute approximate surface area is 155 Å². The van der Waals surface area contributed by atoms with Crippen molar-refractivity contribution < 1.29 is 9.59 Å². The number of rotatable bonds is 5. The summed E-state index contributed by atoms with van der Waals surface area (Å²) in [5, 5.41) is 0. The largest absolute Gasteiger partial charge is 0.312 e. The Bertz CT molecular complexity index is 815. The third kappa shape index (κ3) is 3.50. The maximum absolute atomic E-state index is 12.9. The number of nitrogens with zero attached hydrogens (tertiary/aromatic N) is 2. The summed E-state index contributed by atoms with van der Waals surface area (Å²) < 4.78 is 0. The van der Waals surface area contributed by atoms with Crippen LogP contribution < -0.4 is 9.80 Å². The minimum atomic E-state index is -0.0337. The Hall–Kier alpha value is -2.62. The van der Waals surface area contributed by atoms with Gasteiger partial charge in [0.2, 0.25) is 11.8 Å². The van der Waals surface area contributed by atoms with Gasteiger partial charge in [0, 0.05) is 37.3 Å². The molecule has 3 rings (SSSR count). The van der Waals surface area contributed by atoms with Crippen LogP contribution in [-0.2, 0) is 22.4 Å². The van der Waals surface area contributed by atoms with Gasteiger partial charge >= 0.3 is 0 Å². The molecule has 4 heteroatoms. The molecule has 136 valence electrons. The molecule has 1 aliphatic rings. The zero-order chi connectivity index (χ0) is 18.7. The third-order valence-electron chi connectivity index (χ3n) is 5.07. The van der Waals surface area contributed by atoms with Crippen LogP contribution in [0.25, 0.3) is 0 Å². The van der Waals surface area contributed by atoms with E-state index in [2.05, 4.69) is 19.9 Å². The van der Waals surface area contributed by atoms with E-state index in [1.54, 1.807) is 11.8 Å². The molecule has 0 bridgehead atoms. The SMILES string of the molecule is CCc1ccccc1N(CCC(=O)N1c2ccccc2CC1C)C(C)=O. The average Bonchev–Trinajstić information content (AvgIpc) is 2.97. The van der Waals surface area contributed by atoms with Crippen LogP contribution in [0.4, 0.5) is 11.4 Å². The van der Waals surface area contributed by atoms with E-state index in [9.17, 15) is 9.59 Å². The summed E-state index contributed by atoms with van der Waals surface area (Å²) in [5.74, 6) is 0.0382. The van der Waals surface area contributed by atoms with E-state index in [-0.39, 0.29) is 17.9 Å². The van der Waals surface area contributed by atoms with Gasteiger partial charge in [-0.2, -0.15) is 0 Å². The Kier molecular flexibility index (Phi) is 5.40. The van der Waals surface area contributed by atoms with E-state index in [1.807, 2.05) is 47.4 Å². The number of amides is 2. The van der Waals surface area contributed by atoms with Crippen molar-refractivity contribution in [2.75, 3.05) is 16.3 Å². The molecule has 0 radical (unpaired) electrons. The number of hydrogen-bond acceptors (Lipinski definition) is 2. The van der Waals surface area contributed by atoms with Crippen molar-refractivity contribution in [1.29, 1.82) is 0 Å². The first-order valence-electron chi connectivity index (χ1n) is 9.29. The number of carbonyl (C=O) groups excluding carboxylic acids is 2. The number of aryl methyl sites for hydroxylation is 1. The lowest BCUT2D eigenvalue weighted by atomic mass is 10.1. The number of para-hydroxylation sites is 2. The van der Waals surface area contributed by atoms with Crippen LogP contribution in [0.3, 0.4) is 0 Å². The Morgan fingerprint density at radius 1 is 1.12 bits per heavy atom. The van der Waals surface area contributed by atoms with Crippen LogP contribution >= 0.6 is 0 Å². The smallest absolute Gasteiger partial charge is 0.229 e. The van der Waals surface area contributed by atoms with E-state index in [0.29, 0.717) is 13.0 Å². The fourth-order valence-electron chi connectivity index (χ4n) is 3.79. The van der Waals surface area contributed by atoms with Crippen LogP contribution in [0.1, 0.15) is 38.3 Å². The molecule has 0 spiro atoms. The molecule has 0 aromatic heterocycles. The number of benzene rings is 2. The summed E-state index contributed by atoms with van der Waals surface area (Å²) in [7, 11) is 0. The van der Waals surface area contributed by atoms with Gasteiger partial charge in [0.1, 0.15) is 0 Å². The quantitative estimate of drug-likeness (QED) is 0.819. The van der Waals surface area contributed by atoms with E-state index < -0.39 is 0 Å². The van der Waals surface area contributed by atoms with Crippen LogP contribution in [0.5, 0.6) is 0 Å². The molecule has 1 unspecified atom stereocenters. The molecular weight excluding hydrogens is 324 g/mol. The van der Waals surface area contributed by atoms with Crippen molar-refractivity contribution in [3.63, 3.8) is 0 Å². The average molecular weight is 350 g/mol. The van der Waals surface area contributed by atoms with Crippen LogP contribution in [0.2, 0.25) is 0 Å². The van der Waals surface area contributed by atoms with Crippen LogP contribution in [0.15, 0.2) is 48.5 Å². The highest BCUT2D eigenvalue weighted by molar-refractivity contribution is 5.98. The zero-order valence-electron chi connectivity index (χ0n) is 15.7. The lowest BCUT2D eigenvalue weighted by Crippen LogP contribution is -2.39. The van der Waals surface area contributed by atoms with Crippen molar-refractivity contribution in [2.24, 2.45) is 0 Å². The molecule has 0 aliphatic carbocycles. The van der Waals surface area contributed by atoms with Gasteiger partial charge in [-0.1, -0.05) is 43.3 Å². The highest BCUT2D eigenvalue weighted by Crippen LogP contribution is 2.32. The summed E-state index contributed by atoms with van der Waals surface area (Å²) in [6, 6.07) is 16.1. The molecule has 4 nitrogen and oxygen atoms in total. The summed E-state index contributed by atoms with van der Waals surface area (Å²) in [4.78, 5) is 28.7. The molecule has 2 amide bonds. The molecule has 0 saturated carbocycles. The maximum Gasteiger partial charge on any atom is 0.229 e. The van der Waals surface area contributed by atoms with Gasteiger partial charge in [0.15, 0.2) is 0 Å². The maximum atomic E-state index is 12.9. The summed E-state index contributed by atoms with van der Waals surface area (Å²) in [5.41, 5.74) is 4.25. The molecular formula is C22H26N2O2. The van der Waals surface area contributed by atoms with E-state index >= 15 is 0 Å². The zero-order valence-corrected chi connectivity index (χ0v) is 15.7. The van der Waals surface area contributed by atoms with Gasteiger partial charge in [0.25, 0.3) is 0 Å². The second kappa shape index (κ2) is 7.73. The molecule has 0 saturated heterocycles. The molecule has 2 aromatic rings. The molecule has 2 aromatic carbocycles. The van der Waals surface area contributed by atoms with E-state index in [4.69, 9.17) is 0 Å². The van der Waals surface area contributed by atoms with Crippen molar-refractivity contribution >= 4 is 23.2 Å². The first-order valence-corrected chi connectivity index (χ1v) is 9.29. The Morgan fingerprint density at radius 3 is 2.54 bits per heavy atom. The standard InChI is InChI=1S/C22H26N2O2/c1-4-18-9-5-7-11-20(18)23(17(3)25)14-13-22(26)24-16(2)15-19-10-6-8-12-21(19)24/h5-12,16H,4,13-15H2,1-3H3. The number of anilines is 2. The summed E-state index contributed by atoms with van der Waals surface area (Å²) in [6.07, 6.45) is 2.05.